The number of amides is 1. The molecule has 0 unspecified atom stereocenters. The number of aryl methyl sites for hydroxylation is 1. The number of carbonyl (C=O) groups excluding carboxylic acids is 1. The van der Waals surface area contributed by atoms with E-state index in [0.29, 0.717) is 12.3 Å². The molecule has 0 aliphatic carbocycles. The van der Waals surface area contributed by atoms with E-state index >= 15 is 0 Å². The number of aromatic nitrogens is 1. The molecule has 1 aromatic rings. The lowest BCUT2D eigenvalue weighted by Gasteiger charge is -2.00. The summed E-state index contributed by atoms with van der Waals surface area (Å²) in [5.41, 5.74) is 0. The van der Waals surface area contributed by atoms with E-state index in [2.05, 4.69) is 17.2 Å². The van der Waals surface area contributed by atoms with E-state index in [4.69, 9.17) is 4.42 Å². The molecule has 1 amide bonds. The van der Waals surface area contributed by atoms with E-state index in [9.17, 15) is 4.79 Å². The van der Waals surface area contributed by atoms with Crippen LogP contribution in [0.3, 0.4) is 0 Å². The normalized spacial score (nSPS) is 10.1. The van der Waals surface area contributed by atoms with Crippen molar-refractivity contribution in [2.75, 3.05) is 6.54 Å². The van der Waals surface area contributed by atoms with Crippen LogP contribution in [-0.4, -0.2) is 17.4 Å². The molecule has 4 heteroatoms. The van der Waals surface area contributed by atoms with Crippen LogP contribution < -0.4 is 5.32 Å². The van der Waals surface area contributed by atoms with Crippen LogP contribution in [0.1, 0.15) is 42.6 Å². The molecule has 0 atom stereocenters. The summed E-state index contributed by atoms with van der Waals surface area (Å²) < 4.78 is 5.08. The van der Waals surface area contributed by atoms with Crippen molar-refractivity contribution in [2.24, 2.45) is 0 Å². The molecule has 1 N–H and O–H groups in total. The van der Waals surface area contributed by atoms with Crippen LogP contribution in [0.2, 0.25) is 0 Å². The van der Waals surface area contributed by atoms with E-state index in [-0.39, 0.29) is 11.8 Å². The van der Waals surface area contributed by atoms with Crippen molar-refractivity contribution in [1.29, 1.82) is 0 Å². The third-order valence-corrected chi connectivity index (χ3v) is 1.88. The van der Waals surface area contributed by atoms with Crippen molar-refractivity contribution in [1.82, 2.24) is 10.3 Å². The Bertz CT molecular complexity index is 294. The number of unbranched alkanes of at least 4 members (excludes halogenated alkanes) is 2. The zero-order valence-corrected chi connectivity index (χ0v) is 8.67. The predicted molar refractivity (Wildman–Crippen MR) is 53.1 cm³/mol. The molecule has 0 saturated heterocycles. The molecule has 0 bridgehead atoms. The Labute approximate surface area is 83.7 Å². The van der Waals surface area contributed by atoms with E-state index in [1.54, 1.807) is 13.1 Å². The molecule has 1 heterocycles. The molecule has 0 saturated carbocycles. The molecule has 0 aromatic carbocycles. The maximum absolute atomic E-state index is 11.4. The highest BCUT2D eigenvalue weighted by Crippen LogP contribution is 2.01. The van der Waals surface area contributed by atoms with Gasteiger partial charge in [-0.05, 0) is 13.3 Å². The summed E-state index contributed by atoms with van der Waals surface area (Å²) in [5, 5.41) is 2.75. The van der Waals surface area contributed by atoms with E-state index in [0.717, 1.165) is 19.3 Å². The number of hydrogen-bond acceptors (Lipinski definition) is 3. The van der Waals surface area contributed by atoms with Crippen LogP contribution in [0.4, 0.5) is 0 Å². The molecule has 1 rings (SSSR count). The highest BCUT2D eigenvalue weighted by atomic mass is 16.4. The van der Waals surface area contributed by atoms with Gasteiger partial charge in [0, 0.05) is 6.54 Å². The van der Waals surface area contributed by atoms with Crippen LogP contribution in [0, 0.1) is 6.92 Å². The fourth-order valence-electron chi connectivity index (χ4n) is 1.11. The summed E-state index contributed by atoms with van der Waals surface area (Å²) in [4.78, 5) is 15.2. The molecule has 78 valence electrons. The lowest BCUT2D eigenvalue weighted by molar-refractivity contribution is 0.0917. The standard InChI is InChI=1S/C10H16N2O2/c1-3-4-5-6-11-9(13)10-12-7-8(2)14-10/h7H,3-6H2,1-2H3,(H,11,13). The van der Waals surface area contributed by atoms with Crippen molar-refractivity contribution in [3.63, 3.8) is 0 Å². The number of nitrogens with zero attached hydrogens (tertiary/aromatic N) is 1. The van der Waals surface area contributed by atoms with Crippen molar-refractivity contribution >= 4 is 5.91 Å². The fourth-order valence-corrected chi connectivity index (χ4v) is 1.11. The lowest BCUT2D eigenvalue weighted by Crippen LogP contribution is -2.24. The average Bonchev–Trinajstić information content (AvgIpc) is 2.59. The Morgan fingerprint density at radius 2 is 2.36 bits per heavy atom. The van der Waals surface area contributed by atoms with Crippen LogP contribution in [-0.2, 0) is 0 Å². The second kappa shape index (κ2) is 5.42. The van der Waals surface area contributed by atoms with Crippen molar-refractivity contribution < 1.29 is 9.21 Å². The van der Waals surface area contributed by atoms with Crippen molar-refractivity contribution in [2.45, 2.75) is 33.1 Å². The van der Waals surface area contributed by atoms with E-state index in [1.165, 1.54) is 0 Å². The molecule has 14 heavy (non-hydrogen) atoms. The van der Waals surface area contributed by atoms with Gasteiger partial charge in [-0.3, -0.25) is 4.79 Å². The summed E-state index contributed by atoms with van der Waals surface area (Å²) in [7, 11) is 0. The molecule has 0 aliphatic rings. The van der Waals surface area contributed by atoms with Gasteiger partial charge in [-0.15, -0.1) is 0 Å². The molecule has 0 aliphatic heterocycles. The number of nitrogens with one attached hydrogen (secondary N) is 1. The van der Waals surface area contributed by atoms with Crippen LogP contribution in [0.15, 0.2) is 10.6 Å². The van der Waals surface area contributed by atoms with Crippen LogP contribution >= 0.6 is 0 Å². The first-order valence-corrected chi connectivity index (χ1v) is 4.94. The first-order valence-electron chi connectivity index (χ1n) is 4.94. The fraction of sp³-hybridized carbons (Fsp3) is 0.600. The summed E-state index contributed by atoms with van der Waals surface area (Å²) >= 11 is 0. The largest absolute Gasteiger partial charge is 0.438 e. The van der Waals surface area contributed by atoms with Gasteiger partial charge in [0.05, 0.1) is 6.20 Å². The van der Waals surface area contributed by atoms with Gasteiger partial charge in [0.2, 0.25) is 0 Å². The first-order chi connectivity index (χ1) is 6.74. The molecular formula is C10H16N2O2. The quantitative estimate of drug-likeness (QED) is 0.732. The minimum atomic E-state index is -0.228. The molecule has 0 fully saturated rings. The zero-order chi connectivity index (χ0) is 10.4. The van der Waals surface area contributed by atoms with Crippen LogP contribution in [0.25, 0.3) is 0 Å². The Hall–Kier alpha value is -1.32. The Morgan fingerprint density at radius 1 is 1.57 bits per heavy atom. The molecular weight excluding hydrogens is 180 g/mol. The Kier molecular flexibility index (Phi) is 4.16. The SMILES string of the molecule is CCCCCNC(=O)c1ncc(C)o1. The third kappa shape index (κ3) is 3.20. The average molecular weight is 196 g/mol. The van der Waals surface area contributed by atoms with Crippen LogP contribution in [0.5, 0.6) is 0 Å². The summed E-state index contributed by atoms with van der Waals surface area (Å²) in [6, 6.07) is 0. The summed E-state index contributed by atoms with van der Waals surface area (Å²) in [6.07, 6.45) is 4.82. The number of oxazole rings is 1. The Morgan fingerprint density at radius 3 is 2.93 bits per heavy atom. The van der Waals surface area contributed by atoms with Gasteiger partial charge in [-0.1, -0.05) is 19.8 Å². The molecule has 4 nitrogen and oxygen atoms in total. The highest BCUT2D eigenvalue weighted by Gasteiger charge is 2.10. The third-order valence-electron chi connectivity index (χ3n) is 1.88. The monoisotopic (exact) mass is 196 g/mol. The van der Waals surface area contributed by atoms with Gasteiger partial charge in [0.25, 0.3) is 5.89 Å². The lowest BCUT2D eigenvalue weighted by atomic mass is 10.2. The molecule has 0 radical (unpaired) electrons. The summed E-state index contributed by atoms with van der Waals surface area (Å²) in [6.45, 7) is 4.58. The minimum Gasteiger partial charge on any atom is -0.438 e. The highest BCUT2D eigenvalue weighted by molar-refractivity contribution is 5.89. The van der Waals surface area contributed by atoms with Crippen molar-refractivity contribution in [3.8, 4) is 0 Å². The first kappa shape index (κ1) is 10.8. The predicted octanol–water partition coefficient (Wildman–Crippen LogP) is 1.90. The smallest absolute Gasteiger partial charge is 0.307 e. The second-order valence-electron chi connectivity index (χ2n) is 3.24. The summed E-state index contributed by atoms with van der Waals surface area (Å²) in [5.74, 6) is 0.580. The van der Waals surface area contributed by atoms with Crippen molar-refractivity contribution in [3.05, 3.63) is 17.8 Å². The van der Waals surface area contributed by atoms with E-state index in [1.807, 2.05) is 0 Å². The Balaban J connectivity index is 2.29. The van der Waals surface area contributed by atoms with Gasteiger partial charge >= 0.3 is 5.91 Å². The van der Waals surface area contributed by atoms with Gasteiger partial charge < -0.3 is 9.73 Å². The zero-order valence-electron chi connectivity index (χ0n) is 8.67. The topological polar surface area (TPSA) is 55.1 Å². The number of hydrogen-bond donors (Lipinski definition) is 1. The second-order valence-corrected chi connectivity index (χ2v) is 3.24. The van der Waals surface area contributed by atoms with E-state index < -0.39 is 0 Å². The molecule has 1 aromatic heterocycles. The minimum absolute atomic E-state index is 0.152. The number of carbonyl (C=O) groups is 1. The molecule has 0 spiro atoms. The van der Waals surface area contributed by atoms with Gasteiger partial charge in [0.15, 0.2) is 0 Å². The number of rotatable bonds is 5. The maximum atomic E-state index is 11.4. The van der Waals surface area contributed by atoms with Gasteiger partial charge in [-0.2, -0.15) is 0 Å². The maximum Gasteiger partial charge on any atom is 0.307 e. The van der Waals surface area contributed by atoms with Gasteiger partial charge in [-0.25, -0.2) is 4.98 Å². The van der Waals surface area contributed by atoms with Gasteiger partial charge in [0.1, 0.15) is 5.76 Å².